The summed E-state index contributed by atoms with van der Waals surface area (Å²) in [6.07, 6.45) is 1.36. The Hall–Kier alpha value is -1.91. The van der Waals surface area contributed by atoms with Crippen LogP contribution in [-0.2, 0) is 12.8 Å². The first kappa shape index (κ1) is 15.0. The normalized spacial score (nSPS) is 14.5. The molecule has 1 atom stereocenters. The maximum Gasteiger partial charge on any atom is 0.126 e. The third kappa shape index (κ3) is 2.98. The van der Waals surface area contributed by atoms with Gasteiger partial charge in [-0.3, -0.25) is 0 Å². The molecule has 116 valence electrons. The molecular formula is C18H20FNO2. The average molecular weight is 301 g/mol. The number of nitrogens with two attached hydrogens (primary N) is 1. The van der Waals surface area contributed by atoms with Crippen molar-refractivity contribution >= 4 is 0 Å². The van der Waals surface area contributed by atoms with Gasteiger partial charge in [0.25, 0.3) is 0 Å². The molecular weight excluding hydrogens is 281 g/mol. The van der Waals surface area contributed by atoms with Crippen molar-refractivity contribution in [3.63, 3.8) is 0 Å². The molecule has 0 saturated heterocycles. The lowest BCUT2D eigenvalue weighted by atomic mass is 9.95. The largest absolute Gasteiger partial charge is 0.493 e. The molecule has 0 aliphatic carbocycles. The summed E-state index contributed by atoms with van der Waals surface area (Å²) >= 11 is 0. The Balaban J connectivity index is 1.91. The molecule has 0 saturated carbocycles. The van der Waals surface area contributed by atoms with E-state index in [2.05, 4.69) is 6.07 Å². The second kappa shape index (κ2) is 6.46. The smallest absolute Gasteiger partial charge is 0.126 e. The Morgan fingerprint density at radius 3 is 2.73 bits per heavy atom. The number of fused-ring (bicyclic) bond motifs is 1. The second-order valence-corrected chi connectivity index (χ2v) is 5.72. The third-order valence-corrected chi connectivity index (χ3v) is 4.17. The number of aliphatic hydroxyl groups excluding tert-OH is 1. The molecule has 2 aromatic carbocycles. The molecule has 22 heavy (non-hydrogen) atoms. The zero-order chi connectivity index (χ0) is 15.5. The zero-order valence-electron chi connectivity index (χ0n) is 12.4. The molecule has 3 nitrogen and oxygen atoms in total. The highest BCUT2D eigenvalue weighted by Gasteiger charge is 2.15. The van der Waals surface area contributed by atoms with E-state index < -0.39 is 0 Å². The number of ether oxygens (including phenoxy) is 1. The minimum Gasteiger partial charge on any atom is -0.493 e. The fourth-order valence-electron chi connectivity index (χ4n) is 2.81. The summed E-state index contributed by atoms with van der Waals surface area (Å²) in [5.41, 5.74) is 9.41. The van der Waals surface area contributed by atoms with Gasteiger partial charge in [-0.25, -0.2) is 4.39 Å². The maximum absolute atomic E-state index is 14.0. The lowest BCUT2D eigenvalue weighted by Gasteiger charge is -2.13. The van der Waals surface area contributed by atoms with Gasteiger partial charge in [0.05, 0.1) is 6.61 Å². The molecule has 0 bridgehead atoms. The zero-order valence-corrected chi connectivity index (χ0v) is 12.4. The fourth-order valence-corrected chi connectivity index (χ4v) is 2.81. The van der Waals surface area contributed by atoms with Gasteiger partial charge in [0, 0.05) is 13.0 Å². The summed E-state index contributed by atoms with van der Waals surface area (Å²) in [7, 11) is 0. The standard InChI is InChI=1S/C18H20FNO2/c19-17-3-1-13(9-16(17)7-12(10-20)11-21)14-2-4-18-15(8-14)5-6-22-18/h1-4,8-9,12,21H,5-7,10-11,20H2. The number of rotatable bonds is 5. The van der Waals surface area contributed by atoms with Crippen LogP contribution in [0.2, 0.25) is 0 Å². The third-order valence-electron chi connectivity index (χ3n) is 4.17. The van der Waals surface area contributed by atoms with Gasteiger partial charge < -0.3 is 15.6 Å². The maximum atomic E-state index is 14.0. The first-order valence-electron chi connectivity index (χ1n) is 7.56. The van der Waals surface area contributed by atoms with Crippen LogP contribution in [0.25, 0.3) is 11.1 Å². The number of hydrogen-bond donors (Lipinski definition) is 2. The van der Waals surface area contributed by atoms with Crippen LogP contribution in [0, 0.1) is 11.7 Å². The molecule has 1 aliphatic heterocycles. The molecule has 0 radical (unpaired) electrons. The van der Waals surface area contributed by atoms with Gasteiger partial charge in [-0.2, -0.15) is 0 Å². The van der Waals surface area contributed by atoms with Crippen molar-refractivity contribution in [2.75, 3.05) is 19.8 Å². The predicted octanol–water partition coefficient (Wildman–Crippen LogP) is 2.54. The van der Waals surface area contributed by atoms with Crippen LogP contribution in [0.4, 0.5) is 4.39 Å². The van der Waals surface area contributed by atoms with E-state index in [0.29, 0.717) is 18.5 Å². The van der Waals surface area contributed by atoms with E-state index in [1.54, 1.807) is 6.07 Å². The van der Waals surface area contributed by atoms with E-state index >= 15 is 0 Å². The van der Waals surface area contributed by atoms with Gasteiger partial charge in [-0.15, -0.1) is 0 Å². The summed E-state index contributed by atoms with van der Waals surface area (Å²) in [5, 5.41) is 9.25. The molecule has 0 amide bonds. The number of aliphatic hydroxyl groups is 1. The topological polar surface area (TPSA) is 55.5 Å². The highest BCUT2D eigenvalue weighted by atomic mass is 19.1. The van der Waals surface area contributed by atoms with Crippen LogP contribution in [0.1, 0.15) is 11.1 Å². The molecule has 1 heterocycles. The SMILES string of the molecule is NCC(CO)Cc1cc(-c2ccc3c(c2)CCO3)ccc1F. The Kier molecular flexibility index (Phi) is 4.41. The first-order chi connectivity index (χ1) is 10.7. The van der Waals surface area contributed by atoms with Crippen molar-refractivity contribution in [1.29, 1.82) is 0 Å². The number of halogens is 1. The second-order valence-electron chi connectivity index (χ2n) is 5.72. The van der Waals surface area contributed by atoms with E-state index in [1.165, 1.54) is 11.6 Å². The molecule has 2 aromatic rings. The lowest BCUT2D eigenvalue weighted by molar-refractivity contribution is 0.229. The molecule has 1 unspecified atom stereocenters. The fraction of sp³-hybridized carbons (Fsp3) is 0.333. The van der Waals surface area contributed by atoms with Crippen molar-refractivity contribution in [3.05, 3.63) is 53.3 Å². The highest BCUT2D eigenvalue weighted by molar-refractivity contribution is 5.67. The molecule has 0 fully saturated rings. The minimum absolute atomic E-state index is 0.0314. The van der Waals surface area contributed by atoms with Gasteiger partial charge in [0.15, 0.2) is 0 Å². The Labute approximate surface area is 129 Å². The first-order valence-corrected chi connectivity index (χ1v) is 7.56. The van der Waals surface area contributed by atoms with E-state index in [0.717, 1.165) is 29.9 Å². The van der Waals surface area contributed by atoms with Gasteiger partial charge in [-0.05, 0) is 65.4 Å². The Morgan fingerprint density at radius 1 is 1.18 bits per heavy atom. The van der Waals surface area contributed by atoms with Crippen molar-refractivity contribution in [1.82, 2.24) is 0 Å². The van der Waals surface area contributed by atoms with Crippen molar-refractivity contribution in [2.45, 2.75) is 12.8 Å². The summed E-state index contributed by atoms with van der Waals surface area (Å²) in [5.74, 6) is 0.577. The van der Waals surface area contributed by atoms with Crippen LogP contribution < -0.4 is 10.5 Å². The van der Waals surface area contributed by atoms with Crippen LogP contribution in [-0.4, -0.2) is 24.9 Å². The van der Waals surface area contributed by atoms with Gasteiger partial charge in [0.1, 0.15) is 11.6 Å². The van der Waals surface area contributed by atoms with Gasteiger partial charge in [-0.1, -0.05) is 12.1 Å². The Bertz CT molecular complexity index is 668. The van der Waals surface area contributed by atoms with Crippen molar-refractivity contribution in [3.8, 4) is 16.9 Å². The monoisotopic (exact) mass is 301 g/mol. The van der Waals surface area contributed by atoms with Gasteiger partial charge >= 0.3 is 0 Å². The molecule has 0 spiro atoms. The summed E-state index contributed by atoms with van der Waals surface area (Å²) in [4.78, 5) is 0. The summed E-state index contributed by atoms with van der Waals surface area (Å²) in [6, 6.07) is 11.2. The van der Waals surface area contributed by atoms with Crippen LogP contribution in [0.5, 0.6) is 5.75 Å². The van der Waals surface area contributed by atoms with Crippen LogP contribution >= 0.6 is 0 Å². The average Bonchev–Trinajstić information content (AvgIpc) is 3.01. The van der Waals surface area contributed by atoms with Crippen LogP contribution in [0.15, 0.2) is 36.4 Å². The quantitative estimate of drug-likeness (QED) is 0.892. The van der Waals surface area contributed by atoms with E-state index in [1.807, 2.05) is 18.2 Å². The summed E-state index contributed by atoms with van der Waals surface area (Å²) in [6.45, 7) is 1.04. The van der Waals surface area contributed by atoms with E-state index in [-0.39, 0.29) is 18.3 Å². The molecule has 1 aliphatic rings. The summed E-state index contributed by atoms with van der Waals surface area (Å²) < 4.78 is 19.5. The van der Waals surface area contributed by atoms with Crippen molar-refractivity contribution in [2.24, 2.45) is 11.7 Å². The van der Waals surface area contributed by atoms with Gasteiger partial charge in [0.2, 0.25) is 0 Å². The molecule has 3 N–H and O–H groups in total. The Morgan fingerprint density at radius 2 is 1.95 bits per heavy atom. The van der Waals surface area contributed by atoms with Crippen LogP contribution in [0.3, 0.4) is 0 Å². The lowest BCUT2D eigenvalue weighted by Crippen LogP contribution is -2.20. The van der Waals surface area contributed by atoms with E-state index in [9.17, 15) is 9.50 Å². The van der Waals surface area contributed by atoms with Crippen molar-refractivity contribution < 1.29 is 14.2 Å². The minimum atomic E-state index is -0.250. The highest BCUT2D eigenvalue weighted by Crippen LogP contribution is 2.31. The number of benzene rings is 2. The predicted molar refractivity (Wildman–Crippen MR) is 84.4 cm³/mol. The molecule has 3 rings (SSSR count). The number of hydrogen-bond acceptors (Lipinski definition) is 3. The van der Waals surface area contributed by atoms with E-state index in [4.69, 9.17) is 10.5 Å². The molecule has 4 heteroatoms. The molecule has 0 aromatic heterocycles.